The van der Waals surface area contributed by atoms with Crippen molar-refractivity contribution in [2.75, 3.05) is 19.6 Å². The lowest BCUT2D eigenvalue weighted by Crippen LogP contribution is -2.34. The van der Waals surface area contributed by atoms with Crippen LogP contribution in [0, 0.1) is 0 Å². The molecule has 0 aliphatic rings. The van der Waals surface area contributed by atoms with Crippen LogP contribution in [-0.4, -0.2) is 37.2 Å². The number of anilines is 1. The van der Waals surface area contributed by atoms with Gasteiger partial charge in [-0.05, 0) is 18.6 Å². The van der Waals surface area contributed by atoms with Gasteiger partial charge < -0.3 is 20.3 Å². The third kappa shape index (κ3) is 5.19. The molecule has 0 aliphatic heterocycles. The molecule has 0 spiro atoms. The molecule has 0 bridgehead atoms. The van der Waals surface area contributed by atoms with Gasteiger partial charge in [0.1, 0.15) is 17.5 Å². The molecule has 5 N–H and O–H groups in total. The molecule has 116 valence electrons. The van der Waals surface area contributed by atoms with Crippen molar-refractivity contribution in [1.82, 2.24) is 5.43 Å². The summed E-state index contributed by atoms with van der Waals surface area (Å²) in [5, 5.41) is 8.62. The maximum absolute atomic E-state index is 11.6. The maximum atomic E-state index is 11.6. The van der Waals surface area contributed by atoms with E-state index in [1.807, 2.05) is 0 Å². The van der Waals surface area contributed by atoms with E-state index in [1.54, 1.807) is 18.2 Å². The van der Waals surface area contributed by atoms with Crippen molar-refractivity contribution in [3.63, 3.8) is 0 Å². The molecular formula is C13H19N3O5. The molecule has 1 atom stereocenters. The van der Waals surface area contributed by atoms with Gasteiger partial charge in [-0.25, -0.2) is 0 Å². The van der Waals surface area contributed by atoms with Crippen molar-refractivity contribution in [2.24, 2.45) is 5.73 Å². The lowest BCUT2D eigenvalue weighted by Gasteiger charge is -2.13. The molecule has 0 saturated carbocycles. The molecule has 1 amide bonds. The summed E-state index contributed by atoms with van der Waals surface area (Å²) in [5.74, 6) is -0.384. The number of aliphatic carboxylic acids is 1. The summed E-state index contributed by atoms with van der Waals surface area (Å²) < 4.78 is 10.2. The van der Waals surface area contributed by atoms with Gasteiger partial charge in [0.25, 0.3) is 0 Å². The van der Waals surface area contributed by atoms with Crippen molar-refractivity contribution < 1.29 is 24.2 Å². The average Bonchev–Trinajstić information content (AvgIpc) is 2.49. The van der Waals surface area contributed by atoms with Gasteiger partial charge in [0.2, 0.25) is 5.91 Å². The number of carbonyl (C=O) groups is 2. The molecule has 0 heterocycles. The Morgan fingerprint density at radius 1 is 1.33 bits per heavy atom. The fourth-order valence-corrected chi connectivity index (χ4v) is 1.51. The zero-order valence-electron chi connectivity index (χ0n) is 11.9. The SMILES string of the molecule is COc1ccc(NNC(=O)CC[C@H](N)C(=O)O)c(OC)c1. The van der Waals surface area contributed by atoms with Crippen LogP contribution in [0.15, 0.2) is 18.2 Å². The summed E-state index contributed by atoms with van der Waals surface area (Å²) in [5.41, 5.74) is 11.0. The Morgan fingerprint density at radius 2 is 2.05 bits per heavy atom. The zero-order valence-corrected chi connectivity index (χ0v) is 11.9. The van der Waals surface area contributed by atoms with E-state index in [9.17, 15) is 9.59 Å². The minimum atomic E-state index is -1.13. The maximum Gasteiger partial charge on any atom is 0.320 e. The van der Waals surface area contributed by atoms with Gasteiger partial charge in [-0.15, -0.1) is 0 Å². The fourth-order valence-electron chi connectivity index (χ4n) is 1.51. The van der Waals surface area contributed by atoms with E-state index >= 15 is 0 Å². The largest absolute Gasteiger partial charge is 0.497 e. The van der Waals surface area contributed by atoms with Crippen LogP contribution in [0.1, 0.15) is 12.8 Å². The zero-order chi connectivity index (χ0) is 15.8. The highest BCUT2D eigenvalue weighted by molar-refractivity contribution is 5.79. The van der Waals surface area contributed by atoms with E-state index in [0.29, 0.717) is 17.2 Å². The second-order valence-corrected chi connectivity index (χ2v) is 4.22. The predicted molar refractivity (Wildman–Crippen MR) is 76.2 cm³/mol. The molecule has 0 fully saturated rings. The summed E-state index contributed by atoms with van der Waals surface area (Å²) in [7, 11) is 3.03. The van der Waals surface area contributed by atoms with Crippen LogP contribution >= 0.6 is 0 Å². The monoisotopic (exact) mass is 297 g/mol. The van der Waals surface area contributed by atoms with Gasteiger partial charge >= 0.3 is 5.97 Å². The van der Waals surface area contributed by atoms with E-state index in [-0.39, 0.29) is 18.7 Å². The highest BCUT2D eigenvalue weighted by Crippen LogP contribution is 2.28. The normalized spacial score (nSPS) is 11.4. The molecule has 0 saturated heterocycles. The van der Waals surface area contributed by atoms with Crippen LogP contribution in [0.5, 0.6) is 11.5 Å². The number of ether oxygens (including phenoxy) is 2. The van der Waals surface area contributed by atoms with Crippen molar-refractivity contribution in [3.05, 3.63) is 18.2 Å². The highest BCUT2D eigenvalue weighted by Gasteiger charge is 2.13. The number of carboxylic acids is 1. The minimum absolute atomic E-state index is 0.00105. The molecule has 21 heavy (non-hydrogen) atoms. The molecule has 1 aromatic rings. The van der Waals surface area contributed by atoms with E-state index in [2.05, 4.69) is 10.9 Å². The first-order valence-electron chi connectivity index (χ1n) is 6.23. The molecule has 0 radical (unpaired) electrons. The Bertz CT molecular complexity index is 507. The number of amides is 1. The second kappa shape index (κ2) is 7.95. The first-order valence-corrected chi connectivity index (χ1v) is 6.23. The first-order chi connectivity index (χ1) is 9.97. The fraction of sp³-hybridized carbons (Fsp3) is 0.385. The number of carbonyl (C=O) groups excluding carboxylic acids is 1. The molecule has 0 unspecified atom stereocenters. The summed E-state index contributed by atoms with van der Waals surface area (Å²) in [6, 6.07) is 4.00. The number of carboxylic acid groups (broad SMARTS) is 1. The van der Waals surface area contributed by atoms with Gasteiger partial charge in [0.15, 0.2) is 0 Å². The molecule has 0 aliphatic carbocycles. The van der Waals surface area contributed by atoms with E-state index in [4.69, 9.17) is 20.3 Å². The number of benzene rings is 1. The van der Waals surface area contributed by atoms with Crippen molar-refractivity contribution in [1.29, 1.82) is 0 Å². The lowest BCUT2D eigenvalue weighted by molar-refractivity contribution is -0.138. The van der Waals surface area contributed by atoms with Crippen LogP contribution in [-0.2, 0) is 9.59 Å². The topological polar surface area (TPSA) is 123 Å². The Kier molecular flexibility index (Phi) is 6.28. The molecular weight excluding hydrogens is 278 g/mol. The molecule has 1 rings (SSSR count). The van der Waals surface area contributed by atoms with Gasteiger partial charge in [-0.3, -0.25) is 20.4 Å². The van der Waals surface area contributed by atoms with Gasteiger partial charge in [0, 0.05) is 12.5 Å². The van der Waals surface area contributed by atoms with Crippen LogP contribution in [0.25, 0.3) is 0 Å². The summed E-state index contributed by atoms with van der Waals surface area (Å²) in [6.07, 6.45) is 0.0571. The number of hydrazine groups is 1. The van der Waals surface area contributed by atoms with Crippen molar-refractivity contribution >= 4 is 17.6 Å². The summed E-state index contributed by atoms with van der Waals surface area (Å²) in [4.78, 5) is 22.1. The third-order valence-electron chi connectivity index (χ3n) is 2.74. The number of nitrogens with one attached hydrogen (secondary N) is 2. The Morgan fingerprint density at radius 3 is 2.62 bits per heavy atom. The minimum Gasteiger partial charge on any atom is -0.497 e. The van der Waals surface area contributed by atoms with E-state index in [1.165, 1.54) is 14.2 Å². The number of hydrogen-bond acceptors (Lipinski definition) is 6. The second-order valence-electron chi connectivity index (χ2n) is 4.22. The molecule has 8 nitrogen and oxygen atoms in total. The Labute approximate surface area is 122 Å². The number of hydrogen-bond donors (Lipinski definition) is 4. The average molecular weight is 297 g/mol. The van der Waals surface area contributed by atoms with Crippen LogP contribution < -0.4 is 26.1 Å². The van der Waals surface area contributed by atoms with Crippen molar-refractivity contribution in [3.8, 4) is 11.5 Å². The first kappa shape index (κ1) is 16.6. The van der Waals surface area contributed by atoms with Gasteiger partial charge in [-0.1, -0.05) is 0 Å². The number of methoxy groups -OCH3 is 2. The smallest absolute Gasteiger partial charge is 0.320 e. The lowest BCUT2D eigenvalue weighted by atomic mass is 10.2. The van der Waals surface area contributed by atoms with Crippen LogP contribution in [0.4, 0.5) is 5.69 Å². The highest BCUT2D eigenvalue weighted by atomic mass is 16.5. The molecule has 1 aromatic carbocycles. The predicted octanol–water partition coefficient (Wildman–Crippen LogP) is 0.339. The van der Waals surface area contributed by atoms with Crippen LogP contribution in [0.3, 0.4) is 0 Å². The van der Waals surface area contributed by atoms with Gasteiger partial charge in [-0.2, -0.15) is 0 Å². The molecule has 0 aromatic heterocycles. The molecule has 8 heteroatoms. The van der Waals surface area contributed by atoms with E-state index < -0.39 is 12.0 Å². The van der Waals surface area contributed by atoms with Crippen molar-refractivity contribution in [2.45, 2.75) is 18.9 Å². The quantitative estimate of drug-likeness (QED) is 0.510. The standard InChI is InChI=1S/C13H19N3O5/c1-20-8-3-5-10(11(7-8)21-2)15-16-12(17)6-4-9(14)13(18)19/h3,5,7,9,15H,4,6,14H2,1-2H3,(H,16,17)(H,18,19)/t9-/m0/s1. The Hall–Kier alpha value is -2.48. The third-order valence-corrected chi connectivity index (χ3v) is 2.74. The summed E-state index contributed by atoms with van der Waals surface area (Å²) >= 11 is 0. The Balaban J connectivity index is 2.51. The number of rotatable bonds is 8. The number of nitrogens with two attached hydrogens (primary N) is 1. The van der Waals surface area contributed by atoms with Crippen LogP contribution in [0.2, 0.25) is 0 Å². The van der Waals surface area contributed by atoms with E-state index in [0.717, 1.165) is 0 Å². The summed E-state index contributed by atoms with van der Waals surface area (Å²) in [6.45, 7) is 0. The van der Waals surface area contributed by atoms with Gasteiger partial charge in [0.05, 0.1) is 19.9 Å².